The third-order valence-corrected chi connectivity index (χ3v) is 4.16. The van der Waals surface area contributed by atoms with Crippen molar-refractivity contribution in [3.63, 3.8) is 0 Å². The van der Waals surface area contributed by atoms with Gasteiger partial charge in [-0.2, -0.15) is 0 Å². The SMILES string of the molecule is CCCC(NC)c1sc(C)cc1Br. The highest BCUT2D eigenvalue weighted by Crippen LogP contribution is 2.33. The van der Waals surface area contributed by atoms with E-state index in [-0.39, 0.29) is 0 Å². The van der Waals surface area contributed by atoms with Gasteiger partial charge in [0, 0.05) is 20.3 Å². The van der Waals surface area contributed by atoms with E-state index in [9.17, 15) is 0 Å². The van der Waals surface area contributed by atoms with E-state index in [1.54, 1.807) is 0 Å². The minimum Gasteiger partial charge on any atom is -0.312 e. The first kappa shape index (κ1) is 11.2. The molecule has 1 rings (SSSR count). The Balaban J connectivity index is 2.83. The van der Waals surface area contributed by atoms with Crippen molar-refractivity contribution in [1.29, 1.82) is 0 Å². The second kappa shape index (κ2) is 5.13. The van der Waals surface area contributed by atoms with Gasteiger partial charge in [0.05, 0.1) is 0 Å². The summed E-state index contributed by atoms with van der Waals surface area (Å²) in [6, 6.07) is 2.71. The Hall–Kier alpha value is 0.140. The van der Waals surface area contributed by atoms with Crippen molar-refractivity contribution in [3.05, 3.63) is 20.3 Å². The molecule has 0 saturated carbocycles. The molecule has 0 spiro atoms. The highest BCUT2D eigenvalue weighted by atomic mass is 79.9. The van der Waals surface area contributed by atoms with Crippen molar-refractivity contribution < 1.29 is 0 Å². The molecule has 1 unspecified atom stereocenters. The summed E-state index contributed by atoms with van der Waals surface area (Å²) < 4.78 is 1.25. The Morgan fingerprint density at radius 3 is 2.69 bits per heavy atom. The molecule has 0 fully saturated rings. The van der Waals surface area contributed by atoms with Crippen LogP contribution in [0.3, 0.4) is 0 Å². The highest BCUT2D eigenvalue weighted by molar-refractivity contribution is 9.10. The largest absolute Gasteiger partial charge is 0.312 e. The van der Waals surface area contributed by atoms with Crippen LogP contribution in [0.2, 0.25) is 0 Å². The Kier molecular flexibility index (Phi) is 4.42. The van der Waals surface area contributed by atoms with Gasteiger partial charge in [-0.15, -0.1) is 11.3 Å². The van der Waals surface area contributed by atoms with Crippen LogP contribution in [0, 0.1) is 6.92 Å². The normalized spacial score (nSPS) is 13.2. The lowest BCUT2D eigenvalue weighted by Crippen LogP contribution is -2.14. The average Bonchev–Trinajstić information content (AvgIpc) is 2.41. The molecule has 1 N–H and O–H groups in total. The maximum Gasteiger partial charge on any atom is 0.0423 e. The monoisotopic (exact) mass is 261 g/mol. The van der Waals surface area contributed by atoms with E-state index in [0.29, 0.717) is 6.04 Å². The summed E-state index contributed by atoms with van der Waals surface area (Å²) in [5.41, 5.74) is 0. The van der Waals surface area contributed by atoms with Gasteiger partial charge in [-0.3, -0.25) is 0 Å². The quantitative estimate of drug-likeness (QED) is 0.868. The lowest BCUT2D eigenvalue weighted by Gasteiger charge is -2.13. The van der Waals surface area contributed by atoms with E-state index in [1.807, 2.05) is 18.4 Å². The lowest BCUT2D eigenvalue weighted by molar-refractivity contribution is 0.548. The van der Waals surface area contributed by atoms with E-state index in [4.69, 9.17) is 0 Å². The molecule has 1 atom stereocenters. The molecule has 74 valence electrons. The Morgan fingerprint density at radius 2 is 2.31 bits per heavy atom. The molecule has 1 heterocycles. The summed E-state index contributed by atoms with van der Waals surface area (Å²) >= 11 is 5.48. The van der Waals surface area contributed by atoms with Gasteiger partial charge < -0.3 is 5.32 Å². The zero-order chi connectivity index (χ0) is 9.84. The topological polar surface area (TPSA) is 12.0 Å². The Bertz CT molecular complexity index is 270. The first-order chi connectivity index (χ1) is 6.19. The fraction of sp³-hybridized carbons (Fsp3) is 0.600. The summed E-state index contributed by atoms with van der Waals surface area (Å²) in [4.78, 5) is 2.81. The van der Waals surface area contributed by atoms with E-state index >= 15 is 0 Å². The van der Waals surface area contributed by atoms with Gasteiger partial charge in [-0.25, -0.2) is 0 Å². The van der Waals surface area contributed by atoms with Crippen molar-refractivity contribution in [2.24, 2.45) is 0 Å². The Morgan fingerprint density at radius 1 is 1.62 bits per heavy atom. The van der Waals surface area contributed by atoms with Gasteiger partial charge in [0.25, 0.3) is 0 Å². The van der Waals surface area contributed by atoms with Crippen molar-refractivity contribution in [2.75, 3.05) is 7.05 Å². The molecule has 1 nitrogen and oxygen atoms in total. The predicted molar refractivity (Wildman–Crippen MR) is 63.5 cm³/mol. The third-order valence-electron chi connectivity index (χ3n) is 2.08. The molecule has 3 heteroatoms. The van der Waals surface area contributed by atoms with E-state index in [1.165, 1.54) is 27.1 Å². The summed E-state index contributed by atoms with van der Waals surface area (Å²) in [6.45, 7) is 4.37. The number of nitrogens with one attached hydrogen (secondary N) is 1. The van der Waals surface area contributed by atoms with Crippen LogP contribution in [0.5, 0.6) is 0 Å². The molecule has 0 aliphatic heterocycles. The lowest BCUT2D eigenvalue weighted by atomic mass is 10.1. The molecular formula is C10H16BrNS. The second-order valence-corrected chi connectivity index (χ2v) is 5.34. The van der Waals surface area contributed by atoms with Crippen molar-refractivity contribution in [3.8, 4) is 0 Å². The first-order valence-corrected chi connectivity index (χ1v) is 6.23. The highest BCUT2D eigenvalue weighted by Gasteiger charge is 2.13. The number of hydrogen-bond acceptors (Lipinski definition) is 2. The molecule has 13 heavy (non-hydrogen) atoms. The summed E-state index contributed by atoms with van der Waals surface area (Å²) in [7, 11) is 2.03. The van der Waals surface area contributed by atoms with Crippen LogP contribution in [-0.4, -0.2) is 7.05 Å². The summed E-state index contributed by atoms with van der Waals surface area (Å²) in [5, 5.41) is 3.35. The minimum atomic E-state index is 0.512. The molecule has 0 aliphatic carbocycles. The molecule has 1 aromatic rings. The predicted octanol–water partition coefficient (Wildman–Crippen LogP) is 3.88. The maximum absolute atomic E-state index is 3.60. The fourth-order valence-corrected chi connectivity index (χ4v) is 3.51. The van der Waals surface area contributed by atoms with Gasteiger partial charge >= 0.3 is 0 Å². The van der Waals surface area contributed by atoms with Gasteiger partial charge in [-0.05, 0) is 42.4 Å². The number of rotatable bonds is 4. The molecule has 0 saturated heterocycles. The van der Waals surface area contributed by atoms with Crippen molar-refractivity contribution in [1.82, 2.24) is 5.32 Å². The molecule has 1 aromatic heterocycles. The van der Waals surface area contributed by atoms with Gasteiger partial charge in [-0.1, -0.05) is 13.3 Å². The molecule has 0 amide bonds. The zero-order valence-electron chi connectivity index (χ0n) is 8.36. The van der Waals surface area contributed by atoms with Gasteiger partial charge in [0.15, 0.2) is 0 Å². The molecular weight excluding hydrogens is 246 g/mol. The van der Waals surface area contributed by atoms with E-state index in [0.717, 1.165) is 0 Å². The molecule has 0 aliphatic rings. The van der Waals surface area contributed by atoms with Crippen LogP contribution in [0.1, 0.15) is 35.6 Å². The number of aryl methyl sites for hydroxylation is 1. The van der Waals surface area contributed by atoms with E-state index < -0.39 is 0 Å². The van der Waals surface area contributed by atoms with Gasteiger partial charge in [0.1, 0.15) is 0 Å². The first-order valence-electron chi connectivity index (χ1n) is 4.62. The van der Waals surface area contributed by atoms with Crippen LogP contribution in [0.15, 0.2) is 10.5 Å². The van der Waals surface area contributed by atoms with Crippen LogP contribution < -0.4 is 5.32 Å². The number of thiophene rings is 1. The van der Waals surface area contributed by atoms with Crippen LogP contribution in [-0.2, 0) is 0 Å². The van der Waals surface area contributed by atoms with Crippen LogP contribution in [0.25, 0.3) is 0 Å². The van der Waals surface area contributed by atoms with Crippen molar-refractivity contribution in [2.45, 2.75) is 32.7 Å². The third kappa shape index (κ3) is 2.79. The average molecular weight is 262 g/mol. The summed E-state index contributed by atoms with van der Waals surface area (Å²) in [5.74, 6) is 0. The van der Waals surface area contributed by atoms with Crippen LogP contribution >= 0.6 is 27.3 Å². The zero-order valence-corrected chi connectivity index (χ0v) is 10.8. The van der Waals surface area contributed by atoms with Crippen LogP contribution in [0.4, 0.5) is 0 Å². The molecule has 0 radical (unpaired) electrons. The number of hydrogen-bond donors (Lipinski definition) is 1. The fourth-order valence-electron chi connectivity index (χ4n) is 1.43. The molecule has 0 aromatic carbocycles. The summed E-state index contributed by atoms with van der Waals surface area (Å²) in [6.07, 6.45) is 2.42. The smallest absolute Gasteiger partial charge is 0.0423 e. The number of halogens is 1. The second-order valence-electron chi connectivity index (χ2n) is 3.20. The van der Waals surface area contributed by atoms with E-state index in [2.05, 4.69) is 41.2 Å². The standard InChI is InChI=1S/C10H16BrNS/c1-4-5-9(12-3)10-8(11)6-7(2)13-10/h6,9,12H,4-5H2,1-3H3. The maximum atomic E-state index is 3.60. The Labute approximate surface area is 92.7 Å². The van der Waals surface area contributed by atoms with Gasteiger partial charge in [0.2, 0.25) is 0 Å². The molecule has 0 bridgehead atoms. The minimum absolute atomic E-state index is 0.512. The van der Waals surface area contributed by atoms with Crippen molar-refractivity contribution >= 4 is 27.3 Å².